The topological polar surface area (TPSA) is 38.3 Å². The van der Waals surface area contributed by atoms with Crippen LogP contribution in [0, 0.1) is 0 Å². The molecule has 0 saturated carbocycles. The molecule has 5 heteroatoms. The zero-order valence-electron chi connectivity index (χ0n) is 8.50. The van der Waals surface area contributed by atoms with Crippen LogP contribution in [0.25, 0.3) is 0 Å². The van der Waals surface area contributed by atoms with Gasteiger partial charge in [0.05, 0.1) is 11.0 Å². The summed E-state index contributed by atoms with van der Waals surface area (Å²) in [6.45, 7) is 0.563. The summed E-state index contributed by atoms with van der Waals surface area (Å²) in [5.41, 5.74) is 0. The molecule has 1 saturated heterocycles. The second-order valence-electron chi connectivity index (χ2n) is 3.66. The Morgan fingerprint density at radius 1 is 1.50 bits per heavy atom. The number of ether oxygens (including phenoxy) is 1. The van der Waals surface area contributed by atoms with Crippen molar-refractivity contribution in [3.05, 3.63) is 27.7 Å². The fourth-order valence-electron chi connectivity index (χ4n) is 1.56. The summed E-state index contributed by atoms with van der Waals surface area (Å²) in [6.07, 6.45) is 1.31. The van der Waals surface area contributed by atoms with Gasteiger partial charge in [-0.1, -0.05) is 11.6 Å². The first-order valence-electron chi connectivity index (χ1n) is 5.03. The van der Waals surface area contributed by atoms with Crippen molar-refractivity contribution in [3.8, 4) is 5.75 Å². The minimum absolute atomic E-state index is 0.0372. The van der Waals surface area contributed by atoms with Gasteiger partial charge in [0.25, 0.3) is 0 Å². The third-order valence-corrected chi connectivity index (χ3v) is 3.26. The normalized spacial score (nSPS) is 20.4. The minimum Gasteiger partial charge on any atom is -0.487 e. The van der Waals surface area contributed by atoms with Crippen LogP contribution in [-0.2, 0) is 4.79 Å². The number of rotatable bonds is 2. The van der Waals surface area contributed by atoms with Gasteiger partial charge in [0.15, 0.2) is 0 Å². The van der Waals surface area contributed by atoms with Crippen LogP contribution in [0.4, 0.5) is 0 Å². The zero-order valence-corrected chi connectivity index (χ0v) is 10.8. The molecule has 0 bridgehead atoms. The van der Waals surface area contributed by atoms with Gasteiger partial charge in [0, 0.05) is 11.4 Å². The van der Waals surface area contributed by atoms with Gasteiger partial charge in [-0.15, -0.1) is 0 Å². The van der Waals surface area contributed by atoms with Crippen molar-refractivity contribution < 1.29 is 9.53 Å². The first kappa shape index (κ1) is 11.7. The molecule has 1 fully saturated rings. The summed E-state index contributed by atoms with van der Waals surface area (Å²) in [7, 11) is 0. The number of piperidine rings is 1. The Hall–Kier alpha value is -0.740. The number of amides is 1. The van der Waals surface area contributed by atoms with Gasteiger partial charge in [0.1, 0.15) is 11.9 Å². The quantitative estimate of drug-likeness (QED) is 0.912. The molecule has 1 amide bonds. The molecule has 1 aromatic rings. The number of benzene rings is 1. The van der Waals surface area contributed by atoms with Gasteiger partial charge in [-0.2, -0.15) is 0 Å². The third kappa shape index (κ3) is 2.89. The van der Waals surface area contributed by atoms with E-state index in [1.165, 1.54) is 0 Å². The van der Waals surface area contributed by atoms with Crippen LogP contribution in [0.15, 0.2) is 22.7 Å². The monoisotopic (exact) mass is 303 g/mol. The molecule has 0 radical (unpaired) electrons. The van der Waals surface area contributed by atoms with Crippen LogP contribution in [0.3, 0.4) is 0 Å². The fourth-order valence-corrected chi connectivity index (χ4v) is 2.34. The largest absolute Gasteiger partial charge is 0.487 e. The lowest BCUT2D eigenvalue weighted by molar-refractivity contribution is -0.123. The lowest BCUT2D eigenvalue weighted by Gasteiger charge is -2.24. The lowest BCUT2D eigenvalue weighted by atomic mass is 10.1. The second kappa shape index (κ2) is 5.06. The first-order chi connectivity index (χ1) is 7.65. The summed E-state index contributed by atoms with van der Waals surface area (Å²) in [6, 6.07) is 5.39. The molecule has 3 nitrogen and oxygen atoms in total. The predicted molar refractivity (Wildman–Crippen MR) is 65.8 cm³/mol. The van der Waals surface area contributed by atoms with Gasteiger partial charge in [-0.3, -0.25) is 4.79 Å². The molecule has 0 spiro atoms. The highest BCUT2D eigenvalue weighted by Gasteiger charge is 2.19. The number of carbonyl (C=O) groups excluding carboxylic acids is 1. The van der Waals surface area contributed by atoms with Crippen molar-refractivity contribution in [2.75, 3.05) is 6.54 Å². The standard InChI is InChI=1S/C11H11BrClNO2/c12-9-5-7(13)1-3-10(9)16-8-2-4-11(15)14-6-8/h1,3,5,8H,2,4,6H2,(H,14,15). The smallest absolute Gasteiger partial charge is 0.220 e. The lowest BCUT2D eigenvalue weighted by Crippen LogP contribution is -2.40. The predicted octanol–water partition coefficient (Wildman–Crippen LogP) is 2.76. The molecular weight excluding hydrogens is 293 g/mol. The van der Waals surface area contributed by atoms with E-state index in [1.807, 2.05) is 6.07 Å². The Morgan fingerprint density at radius 2 is 2.31 bits per heavy atom. The SMILES string of the molecule is O=C1CCC(Oc2ccc(Cl)cc2Br)CN1. The van der Waals surface area contributed by atoms with Gasteiger partial charge < -0.3 is 10.1 Å². The Labute approximate surface area is 107 Å². The summed E-state index contributed by atoms with van der Waals surface area (Å²) < 4.78 is 6.60. The van der Waals surface area contributed by atoms with Crippen LogP contribution in [-0.4, -0.2) is 18.6 Å². The third-order valence-electron chi connectivity index (χ3n) is 2.41. The second-order valence-corrected chi connectivity index (χ2v) is 4.95. The first-order valence-corrected chi connectivity index (χ1v) is 6.20. The molecule has 1 heterocycles. The highest BCUT2D eigenvalue weighted by atomic mass is 79.9. The number of nitrogens with one attached hydrogen (secondary N) is 1. The van der Waals surface area contributed by atoms with Crippen LogP contribution < -0.4 is 10.1 Å². The molecule has 1 aliphatic rings. The molecule has 1 aromatic carbocycles. The highest BCUT2D eigenvalue weighted by Crippen LogP contribution is 2.29. The number of hydrogen-bond acceptors (Lipinski definition) is 2. The Balaban J connectivity index is 2.01. The van der Waals surface area contributed by atoms with Gasteiger partial charge >= 0.3 is 0 Å². The summed E-state index contributed by atoms with van der Waals surface area (Å²) in [4.78, 5) is 11.0. The Morgan fingerprint density at radius 3 is 2.94 bits per heavy atom. The Bertz CT molecular complexity index is 401. The average Bonchev–Trinajstić information content (AvgIpc) is 2.25. The highest BCUT2D eigenvalue weighted by molar-refractivity contribution is 9.10. The van der Waals surface area contributed by atoms with Gasteiger partial charge in [0.2, 0.25) is 5.91 Å². The van der Waals surface area contributed by atoms with E-state index in [2.05, 4.69) is 21.2 Å². The Kier molecular flexibility index (Phi) is 3.71. The maximum atomic E-state index is 11.0. The molecule has 1 unspecified atom stereocenters. The van der Waals surface area contributed by atoms with Crippen molar-refractivity contribution in [2.45, 2.75) is 18.9 Å². The summed E-state index contributed by atoms with van der Waals surface area (Å²) in [5.74, 6) is 0.848. The average molecular weight is 305 g/mol. The molecule has 0 aliphatic carbocycles. The van der Waals surface area contributed by atoms with Crippen molar-refractivity contribution >= 4 is 33.4 Å². The molecule has 86 valence electrons. The zero-order chi connectivity index (χ0) is 11.5. The van der Waals surface area contributed by atoms with E-state index >= 15 is 0 Å². The summed E-state index contributed by atoms with van der Waals surface area (Å²) >= 11 is 9.23. The van der Waals surface area contributed by atoms with Gasteiger partial charge in [-0.05, 0) is 40.5 Å². The minimum atomic E-state index is 0.0372. The molecule has 16 heavy (non-hydrogen) atoms. The van der Waals surface area contributed by atoms with Crippen molar-refractivity contribution in [3.63, 3.8) is 0 Å². The van der Waals surface area contributed by atoms with Gasteiger partial charge in [-0.25, -0.2) is 0 Å². The van der Waals surface area contributed by atoms with E-state index in [4.69, 9.17) is 16.3 Å². The van der Waals surface area contributed by atoms with E-state index in [-0.39, 0.29) is 12.0 Å². The molecule has 1 atom stereocenters. The fraction of sp³-hybridized carbons (Fsp3) is 0.364. The van der Waals surface area contributed by atoms with Crippen LogP contribution in [0.5, 0.6) is 5.75 Å². The van der Waals surface area contributed by atoms with E-state index in [1.54, 1.807) is 12.1 Å². The maximum Gasteiger partial charge on any atom is 0.220 e. The number of carbonyl (C=O) groups is 1. The summed E-state index contributed by atoms with van der Waals surface area (Å²) in [5, 5.41) is 3.44. The maximum absolute atomic E-state index is 11.0. The molecule has 2 rings (SSSR count). The molecule has 1 aliphatic heterocycles. The molecule has 0 aromatic heterocycles. The van der Waals surface area contributed by atoms with Crippen LogP contribution in [0.2, 0.25) is 5.02 Å². The van der Waals surface area contributed by atoms with E-state index in [0.717, 1.165) is 16.6 Å². The van der Waals surface area contributed by atoms with Crippen molar-refractivity contribution in [1.29, 1.82) is 0 Å². The molecule has 1 N–H and O–H groups in total. The van der Waals surface area contributed by atoms with Crippen LogP contribution in [0.1, 0.15) is 12.8 Å². The van der Waals surface area contributed by atoms with Crippen LogP contribution >= 0.6 is 27.5 Å². The van der Waals surface area contributed by atoms with Crippen molar-refractivity contribution in [1.82, 2.24) is 5.32 Å². The van der Waals surface area contributed by atoms with E-state index in [9.17, 15) is 4.79 Å². The van der Waals surface area contributed by atoms with E-state index in [0.29, 0.717) is 18.0 Å². The number of halogens is 2. The van der Waals surface area contributed by atoms with E-state index < -0.39 is 0 Å². The number of hydrogen-bond donors (Lipinski definition) is 1. The molecular formula is C11H11BrClNO2. The van der Waals surface area contributed by atoms with Crippen molar-refractivity contribution in [2.24, 2.45) is 0 Å².